The van der Waals surface area contributed by atoms with E-state index in [1.807, 2.05) is 19.1 Å². The second-order valence-corrected chi connectivity index (χ2v) is 7.19. The number of nitrogens with one attached hydrogen (secondary N) is 1. The van der Waals surface area contributed by atoms with E-state index in [0.717, 1.165) is 22.4 Å². The Bertz CT molecular complexity index is 907. The van der Waals surface area contributed by atoms with E-state index in [1.165, 1.54) is 0 Å². The van der Waals surface area contributed by atoms with Gasteiger partial charge in [-0.25, -0.2) is 13.1 Å². The third-order valence-electron chi connectivity index (χ3n) is 3.59. The Kier molecular flexibility index (Phi) is 4.69. The van der Waals surface area contributed by atoms with Crippen molar-refractivity contribution in [2.75, 3.05) is 0 Å². The van der Waals surface area contributed by atoms with Crippen LogP contribution in [0.4, 0.5) is 0 Å². The van der Waals surface area contributed by atoms with Crippen molar-refractivity contribution in [1.82, 2.24) is 14.7 Å². The molecule has 24 heavy (non-hydrogen) atoms. The summed E-state index contributed by atoms with van der Waals surface area (Å²) in [7, 11) is -3.55. The molecule has 5 nitrogen and oxygen atoms in total. The van der Waals surface area contributed by atoms with Gasteiger partial charge in [0, 0.05) is 30.7 Å². The smallest absolute Gasteiger partial charge is 0.240 e. The maximum Gasteiger partial charge on any atom is 0.240 e. The maximum absolute atomic E-state index is 12.4. The minimum absolute atomic E-state index is 0.228. The fraction of sp³-hybridized carbons (Fsp3) is 0.111. The predicted octanol–water partition coefficient (Wildman–Crippen LogP) is 2.93. The van der Waals surface area contributed by atoms with Gasteiger partial charge in [0.15, 0.2) is 0 Å². The molecule has 3 aromatic rings. The van der Waals surface area contributed by atoms with Gasteiger partial charge in [0.1, 0.15) is 0 Å². The van der Waals surface area contributed by atoms with E-state index in [0.29, 0.717) is 0 Å². The highest BCUT2D eigenvalue weighted by atomic mass is 32.2. The quantitative estimate of drug-likeness (QED) is 0.776. The zero-order valence-corrected chi connectivity index (χ0v) is 14.0. The Morgan fingerprint density at radius 3 is 2.29 bits per heavy atom. The van der Waals surface area contributed by atoms with Crippen LogP contribution in [0.1, 0.15) is 11.1 Å². The van der Waals surface area contributed by atoms with Crippen LogP contribution in [-0.2, 0) is 16.6 Å². The summed E-state index contributed by atoms with van der Waals surface area (Å²) in [6.07, 6.45) is 5.05. The fourth-order valence-electron chi connectivity index (χ4n) is 2.21. The normalized spacial score (nSPS) is 11.4. The van der Waals surface area contributed by atoms with E-state index in [9.17, 15) is 8.42 Å². The molecule has 0 radical (unpaired) electrons. The highest BCUT2D eigenvalue weighted by Gasteiger charge is 2.13. The molecule has 1 N–H and O–H groups in total. The molecule has 0 aliphatic rings. The summed E-state index contributed by atoms with van der Waals surface area (Å²) in [5.41, 5.74) is 3.63. The molecule has 122 valence electrons. The first-order valence-electron chi connectivity index (χ1n) is 7.46. The minimum atomic E-state index is -3.55. The summed E-state index contributed by atoms with van der Waals surface area (Å²) < 4.78 is 27.3. The zero-order chi connectivity index (χ0) is 17.0. The summed E-state index contributed by atoms with van der Waals surface area (Å²) in [4.78, 5) is 8.48. The lowest BCUT2D eigenvalue weighted by molar-refractivity contribution is 0.581. The number of aromatic nitrogens is 2. The van der Waals surface area contributed by atoms with Gasteiger partial charge >= 0.3 is 0 Å². The molecule has 2 aromatic heterocycles. The molecule has 0 amide bonds. The van der Waals surface area contributed by atoms with Gasteiger partial charge in [-0.05, 0) is 48.4 Å². The molecule has 6 heteroatoms. The average molecular weight is 339 g/mol. The Morgan fingerprint density at radius 1 is 0.958 bits per heavy atom. The van der Waals surface area contributed by atoms with Crippen LogP contribution in [0.25, 0.3) is 11.3 Å². The topological polar surface area (TPSA) is 72.0 Å². The van der Waals surface area contributed by atoms with E-state index < -0.39 is 10.0 Å². The van der Waals surface area contributed by atoms with Crippen LogP contribution >= 0.6 is 0 Å². The van der Waals surface area contributed by atoms with Crippen LogP contribution < -0.4 is 4.72 Å². The van der Waals surface area contributed by atoms with Gasteiger partial charge in [-0.2, -0.15) is 0 Å². The number of pyridine rings is 2. The van der Waals surface area contributed by atoms with Crippen molar-refractivity contribution in [2.45, 2.75) is 18.4 Å². The number of rotatable bonds is 5. The van der Waals surface area contributed by atoms with E-state index in [2.05, 4.69) is 14.7 Å². The van der Waals surface area contributed by atoms with Crippen molar-refractivity contribution < 1.29 is 8.42 Å². The van der Waals surface area contributed by atoms with Crippen molar-refractivity contribution in [3.8, 4) is 11.3 Å². The summed E-state index contributed by atoms with van der Waals surface area (Å²) in [6, 6.07) is 14.1. The van der Waals surface area contributed by atoms with Gasteiger partial charge in [0.25, 0.3) is 0 Å². The molecule has 0 aliphatic carbocycles. The first-order chi connectivity index (χ1) is 11.5. The molecule has 0 aliphatic heterocycles. The van der Waals surface area contributed by atoms with Crippen LogP contribution in [0.2, 0.25) is 0 Å². The van der Waals surface area contributed by atoms with Gasteiger partial charge in [0.05, 0.1) is 10.6 Å². The Morgan fingerprint density at radius 2 is 1.67 bits per heavy atom. The van der Waals surface area contributed by atoms with Gasteiger partial charge < -0.3 is 0 Å². The molecular formula is C18H17N3O2S. The summed E-state index contributed by atoms with van der Waals surface area (Å²) >= 11 is 0. The molecule has 3 rings (SSSR count). The Balaban J connectivity index is 1.75. The molecule has 0 unspecified atom stereocenters. The molecule has 2 heterocycles. The molecule has 0 spiro atoms. The van der Waals surface area contributed by atoms with Crippen LogP contribution in [0.15, 0.2) is 72.0 Å². The van der Waals surface area contributed by atoms with Gasteiger partial charge in [-0.3, -0.25) is 9.97 Å². The number of sulfonamides is 1. The minimum Gasteiger partial charge on any atom is -0.265 e. The highest BCUT2D eigenvalue weighted by Crippen LogP contribution is 2.19. The largest absolute Gasteiger partial charge is 0.265 e. The number of benzene rings is 1. The first kappa shape index (κ1) is 16.3. The number of hydrogen-bond donors (Lipinski definition) is 1. The molecular weight excluding hydrogens is 322 g/mol. The lowest BCUT2D eigenvalue weighted by atomic mass is 10.1. The molecule has 1 aromatic carbocycles. The number of hydrogen-bond acceptors (Lipinski definition) is 4. The van der Waals surface area contributed by atoms with Gasteiger partial charge in [-0.1, -0.05) is 18.2 Å². The summed E-state index contributed by atoms with van der Waals surface area (Å²) in [6.45, 7) is 2.20. The van der Waals surface area contributed by atoms with Crippen LogP contribution in [-0.4, -0.2) is 18.4 Å². The van der Waals surface area contributed by atoms with Crippen molar-refractivity contribution in [2.24, 2.45) is 0 Å². The number of aryl methyl sites for hydroxylation is 1. The second kappa shape index (κ2) is 6.90. The van der Waals surface area contributed by atoms with E-state index in [1.54, 1.807) is 55.0 Å². The third kappa shape index (κ3) is 3.84. The Labute approximate surface area is 141 Å². The molecule has 0 saturated carbocycles. The second-order valence-electron chi connectivity index (χ2n) is 5.43. The van der Waals surface area contributed by atoms with Crippen molar-refractivity contribution >= 4 is 10.0 Å². The van der Waals surface area contributed by atoms with Gasteiger partial charge in [-0.15, -0.1) is 0 Å². The van der Waals surface area contributed by atoms with Crippen molar-refractivity contribution in [3.05, 3.63) is 78.2 Å². The molecule has 0 atom stereocenters. The van der Waals surface area contributed by atoms with Crippen LogP contribution in [0.5, 0.6) is 0 Å². The van der Waals surface area contributed by atoms with Crippen molar-refractivity contribution in [3.63, 3.8) is 0 Å². The molecule has 0 bridgehead atoms. The summed E-state index contributed by atoms with van der Waals surface area (Å²) in [5.74, 6) is 0. The van der Waals surface area contributed by atoms with Crippen LogP contribution in [0, 0.1) is 6.92 Å². The fourth-order valence-corrected chi connectivity index (χ4v) is 3.22. The van der Waals surface area contributed by atoms with Crippen molar-refractivity contribution in [1.29, 1.82) is 0 Å². The first-order valence-corrected chi connectivity index (χ1v) is 8.94. The van der Waals surface area contributed by atoms with Crippen LogP contribution in [0.3, 0.4) is 0 Å². The number of nitrogens with zero attached hydrogens (tertiary/aromatic N) is 2. The predicted molar refractivity (Wildman–Crippen MR) is 92.7 cm³/mol. The average Bonchev–Trinajstić information content (AvgIpc) is 2.62. The lowest BCUT2D eigenvalue weighted by Crippen LogP contribution is -2.23. The molecule has 0 fully saturated rings. The zero-order valence-electron chi connectivity index (χ0n) is 13.2. The SMILES string of the molecule is Cc1ccc(-c2ccc(S(=O)(=O)NCc3ccncc3)cc2)nc1. The highest BCUT2D eigenvalue weighted by molar-refractivity contribution is 7.89. The summed E-state index contributed by atoms with van der Waals surface area (Å²) in [5, 5.41) is 0. The molecule has 0 saturated heterocycles. The standard InChI is InChI=1S/C18H17N3O2S/c1-14-2-7-18(20-12-14)16-3-5-17(6-4-16)24(22,23)21-13-15-8-10-19-11-9-15/h2-12,21H,13H2,1H3. The van der Waals surface area contributed by atoms with E-state index >= 15 is 0 Å². The Hall–Kier alpha value is -2.57. The monoisotopic (exact) mass is 339 g/mol. The van der Waals surface area contributed by atoms with E-state index in [-0.39, 0.29) is 11.4 Å². The van der Waals surface area contributed by atoms with Gasteiger partial charge in [0.2, 0.25) is 10.0 Å². The maximum atomic E-state index is 12.4. The third-order valence-corrected chi connectivity index (χ3v) is 5.00. The lowest BCUT2D eigenvalue weighted by Gasteiger charge is -2.08. The van der Waals surface area contributed by atoms with E-state index in [4.69, 9.17) is 0 Å².